The van der Waals surface area contributed by atoms with Gasteiger partial charge in [-0.05, 0) is 31.9 Å². The van der Waals surface area contributed by atoms with E-state index in [0.29, 0.717) is 36.8 Å². The minimum absolute atomic E-state index is 0.133. The van der Waals surface area contributed by atoms with E-state index >= 15 is 0 Å². The molecule has 0 N–H and O–H groups in total. The van der Waals surface area contributed by atoms with Crippen LogP contribution in [0.2, 0.25) is 0 Å². The number of hydrogen-bond acceptors (Lipinski definition) is 7. The minimum atomic E-state index is -0.493. The van der Waals surface area contributed by atoms with Gasteiger partial charge in [0, 0.05) is 31.3 Å². The van der Waals surface area contributed by atoms with Crippen LogP contribution in [0, 0.1) is 0 Å². The van der Waals surface area contributed by atoms with Crippen molar-refractivity contribution in [2.45, 2.75) is 38.9 Å². The Morgan fingerprint density at radius 3 is 2.31 bits per heavy atom. The molecule has 2 atom stereocenters. The molecule has 3 rings (SSSR count). The predicted molar refractivity (Wildman–Crippen MR) is 131 cm³/mol. The first kappa shape index (κ1) is 26.2. The average molecular weight is 487 g/mol. The first-order valence-electron chi connectivity index (χ1n) is 11.6. The van der Waals surface area contributed by atoms with Crippen LogP contribution in [0.5, 0.6) is 11.5 Å². The van der Waals surface area contributed by atoms with Crippen LogP contribution in [0.1, 0.15) is 37.4 Å². The fourth-order valence-corrected chi connectivity index (χ4v) is 4.30. The monoisotopic (exact) mass is 486 g/mol. The van der Waals surface area contributed by atoms with Gasteiger partial charge in [-0.25, -0.2) is 9.59 Å². The second-order valence-corrected chi connectivity index (χ2v) is 8.16. The Hall–Kier alpha value is -3.46. The lowest BCUT2D eigenvalue weighted by atomic mass is 9.90. The molecule has 1 heterocycles. The van der Waals surface area contributed by atoms with Crippen LogP contribution in [0.15, 0.2) is 42.5 Å². The molecule has 1 aliphatic rings. The fraction of sp³-hybridized carbons (Fsp3) is 0.462. The molecule has 0 aliphatic carbocycles. The zero-order valence-electron chi connectivity index (χ0n) is 21.0. The Bertz CT molecular complexity index is 999. The van der Waals surface area contributed by atoms with Gasteiger partial charge in [0.05, 0.1) is 39.2 Å². The van der Waals surface area contributed by atoms with E-state index in [2.05, 4.69) is 0 Å². The van der Waals surface area contributed by atoms with E-state index < -0.39 is 12.2 Å². The van der Waals surface area contributed by atoms with E-state index in [9.17, 15) is 9.59 Å². The molecule has 35 heavy (non-hydrogen) atoms. The average Bonchev–Trinajstić information content (AvgIpc) is 2.86. The Morgan fingerprint density at radius 1 is 1.00 bits per heavy atom. The maximum atomic E-state index is 13.2. The number of fused-ring (bicyclic) bond motifs is 1. The van der Waals surface area contributed by atoms with Crippen LogP contribution in [-0.2, 0) is 20.8 Å². The van der Waals surface area contributed by atoms with Gasteiger partial charge < -0.3 is 23.7 Å². The summed E-state index contributed by atoms with van der Waals surface area (Å²) in [6, 6.07) is 12.7. The van der Waals surface area contributed by atoms with E-state index in [0.717, 1.165) is 11.1 Å². The maximum absolute atomic E-state index is 13.2. The van der Waals surface area contributed by atoms with E-state index in [4.69, 9.17) is 23.7 Å². The molecule has 9 nitrogen and oxygen atoms in total. The molecule has 0 unspecified atom stereocenters. The summed E-state index contributed by atoms with van der Waals surface area (Å²) in [5, 5.41) is 0. The standard InChI is InChI=1S/C26H34N2O7/c1-6-34-25(29)27(17-19-10-8-7-9-11-19)21-14-18(2)28(26(30)35-13-12-31-3)22-16-24(33-5)23(32-4)15-20(21)22/h7-11,15-16,18,21H,6,12-14,17H2,1-5H3/t18-,21+/m0/s1. The van der Waals surface area contributed by atoms with Crippen LogP contribution in [0.4, 0.5) is 15.3 Å². The molecule has 0 bridgehead atoms. The first-order chi connectivity index (χ1) is 16.9. The van der Waals surface area contributed by atoms with Crippen LogP contribution >= 0.6 is 0 Å². The number of ether oxygens (including phenoxy) is 5. The molecule has 0 saturated carbocycles. The largest absolute Gasteiger partial charge is 0.493 e. The SMILES string of the molecule is CCOC(=O)N(Cc1ccccc1)[C@@H]1C[C@H](C)N(C(=O)OCCOC)c2cc(OC)c(OC)cc21. The van der Waals surface area contributed by atoms with Crippen LogP contribution in [0.25, 0.3) is 0 Å². The molecule has 0 radical (unpaired) electrons. The molecule has 0 saturated heterocycles. The number of rotatable bonds is 9. The number of carbonyl (C=O) groups excluding carboxylic acids is 2. The van der Waals surface area contributed by atoms with Crippen LogP contribution in [0.3, 0.4) is 0 Å². The van der Waals surface area contributed by atoms with Crippen molar-refractivity contribution in [2.24, 2.45) is 0 Å². The zero-order chi connectivity index (χ0) is 25.4. The minimum Gasteiger partial charge on any atom is -0.493 e. The fourth-order valence-electron chi connectivity index (χ4n) is 4.30. The normalized spacial score (nSPS) is 16.8. The number of methoxy groups -OCH3 is 3. The summed E-state index contributed by atoms with van der Waals surface area (Å²) in [7, 11) is 4.63. The summed E-state index contributed by atoms with van der Waals surface area (Å²) in [6.45, 7) is 4.74. The molecular formula is C26H34N2O7. The Labute approximate surface area is 206 Å². The number of hydrogen-bond donors (Lipinski definition) is 0. The number of nitrogens with zero attached hydrogens (tertiary/aromatic N) is 2. The molecule has 0 spiro atoms. The molecule has 9 heteroatoms. The molecule has 190 valence electrons. The topological polar surface area (TPSA) is 86.8 Å². The van der Waals surface area contributed by atoms with Crippen LogP contribution in [-0.4, -0.2) is 64.3 Å². The highest BCUT2D eigenvalue weighted by molar-refractivity contribution is 5.91. The first-order valence-corrected chi connectivity index (χ1v) is 11.6. The Morgan fingerprint density at radius 2 is 1.69 bits per heavy atom. The van der Waals surface area contributed by atoms with Gasteiger partial charge in [0.1, 0.15) is 6.61 Å². The number of carbonyl (C=O) groups is 2. The van der Waals surface area contributed by atoms with Crippen LogP contribution < -0.4 is 14.4 Å². The number of amides is 2. The van der Waals surface area contributed by atoms with Gasteiger partial charge in [-0.15, -0.1) is 0 Å². The van der Waals surface area contributed by atoms with E-state index in [-0.39, 0.29) is 25.3 Å². The molecule has 2 aromatic rings. The van der Waals surface area contributed by atoms with Crippen molar-refractivity contribution in [3.63, 3.8) is 0 Å². The molecule has 1 aliphatic heterocycles. The van der Waals surface area contributed by atoms with Gasteiger partial charge in [-0.1, -0.05) is 30.3 Å². The maximum Gasteiger partial charge on any atom is 0.414 e. The lowest BCUT2D eigenvalue weighted by Gasteiger charge is -2.42. The molecule has 2 amide bonds. The molecular weight excluding hydrogens is 452 g/mol. The van der Waals surface area contributed by atoms with Gasteiger partial charge in [-0.2, -0.15) is 0 Å². The van der Waals surface area contributed by atoms with Crippen molar-refractivity contribution in [3.05, 3.63) is 53.6 Å². The van der Waals surface area contributed by atoms with Crippen molar-refractivity contribution >= 4 is 17.9 Å². The third kappa shape index (κ3) is 5.97. The van der Waals surface area contributed by atoms with Crippen molar-refractivity contribution in [3.8, 4) is 11.5 Å². The van der Waals surface area contributed by atoms with Gasteiger partial charge in [-0.3, -0.25) is 9.80 Å². The Balaban J connectivity index is 2.09. The highest BCUT2D eigenvalue weighted by atomic mass is 16.6. The van der Waals surface area contributed by atoms with Gasteiger partial charge in [0.2, 0.25) is 0 Å². The van der Waals surface area contributed by atoms with Crippen molar-refractivity contribution < 1.29 is 33.3 Å². The molecule has 2 aromatic carbocycles. The summed E-state index contributed by atoms with van der Waals surface area (Å²) in [6.07, 6.45) is -0.439. The summed E-state index contributed by atoms with van der Waals surface area (Å²) in [5.41, 5.74) is 2.31. The van der Waals surface area contributed by atoms with Gasteiger partial charge in [0.15, 0.2) is 11.5 Å². The van der Waals surface area contributed by atoms with Crippen molar-refractivity contribution in [1.29, 1.82) is 0 Å². The van der Waals surface area contributed by atoms with Crippen molar-refractivity contribution in [1.82, 2.24) is 4.90 Å². The third-order valence-corrected chi connectivity index (χ3v) is 5.94. The lowest BCUT2D eigenvalue weighted by molar-refractivity contribution is 0.0795. The van der Waals surface area contributed by atoms with E-state index in [1.165, 1.54) is 7.11 Å². The smallest absolute Gasteiger partial charge is 0.414 e. The van der Waals surface area contributed by atoms with E-state index in [1.54, 1.807) is 37.0 Å². The third-order valence-electron chi connectivity index (χ3n) is 5.94. The second kappa shape index (κ2) is 12.3. The van der Waals surface area contributed by atoms with Crippen molar-refractivity contribution in [2.75, 3.05) is 46.0 Å². The Kier molecular flexibility index (Phi) is 9.19. The summed E-state index contributed by atoms with van der Waals surface area (Å²) in [5.74, 6) is 0.974. The van der Waals surface area contributed by atoms with E-state index in [1.807, 2.05) is 43.3 Å². The highest BCUT2D eigenvalue weighted by Gasteiger charge is 2.40. The zero-order valence-corrected chi connectivity index (χ0v) is 21.0. The van der Waals surface area contributed by atoms with Gasteiger partial charge in [0.25, 0.3) is 0 Å². The summed E-state index contributed by atoms with van der Waals surface area (Å²) < 4.78 is 26.9. The number of anilines is 1. The molecule has 0 aromatic heterocycles. The lowest BCUT2D eigenvalue weighted by Crippen LogP contribution is -2.48. The quantitative estimate of drug-likeness (QED) is 0.471. The molecule has 0 fully saturated rings. The second-order valence-electron chi connectivity index (χ2n) is 8.16. The predicted octanol–water partition coefficient (Wildman–Crippen LogP) is 4.79. The van der Waals surface area contributed by atoms with Gasteiger partial charge >= 0.3 is 12.2 Å². The summed E-state index contributed by atoms with van der Waals surface area (Å²) in [4.78, 5) is 29.5. The number of benzene rings is 2. The summed E-state index contributed by atoms with van der Waals surface area (Å²) >= 11 is 0. The highest BCUT2D eigenvalue weighted by Crippen LogP contribution is 2.46.